The highest BCUT2D eigenvalue weighted by atomic mass is 16.5. The van der Waals surface area contributed by atoms with Gasteiger partial charge in [0, 0.05) is 12.8 Å². The summed E-state index contributed by atoms with van der Waals surface area (Å²) >= 11 is 0. The number of unbranched alkanes of at least 4 members (excludes halogenated alkanes) is 7. The lowest BCUT2D eigenvalue weighted by Gasteiger charge is -2.17. The standard InChI is InChI=1S/C30H51NO5/c1-3-5-6-7-8-9-10-11-12-13-14-15-16-17-21-25-30(35)36-27(22-4-2)23-19-18-20-24-28(32)31-26-29(33)34/h5-6,8-9,11-12,27H,3-4,7,10,13-26H2,1-2H3,(H,31,32)(H,33,34)/b6-5-,9-8-,12-11-. The molecule has 0 aromatic rings. The van der Waals surface area contributed by atoms with Crippen LogP contribution in [0.4, 0.5) is 0 Å². The van der Waals surface area contributed by atoms with E-state index in [1.54, 1.807) is 0 Å². The summed E-state index contributed by atoms with van der Waals surface area (Å²) in [6.07, 6.45) is 29.0. The maximum Gasteiger partial charge on any atom is 0.322 e. The summed E-state index contributed by atoms with van der Waals surface area (Å²) in [5, 5.41) is 10.9. The summed E-state index contributed by atoms with van der Waals surface area (Å²) in [7, 11) is 0. The van der Waals surface area contributed by atoms with E-state index in [0.29, 0.717) is 19.3 Å². The van der Waals surface area contributed by atoms with Crippen LogP contribution in [-0.4, -0.2) is 35.6 Å². The number of nitrogens with one attached hydrogen (secondary N) is 1. The highest BCUT2D eigenvalue weighted by molar-refractivity contribution is 5.80. The maximum absolute atomic E-state index is 12.2. The Balaban J connectivity index is 3.74. The van der Waals surface area contributed by atoms with Gasteiger partial charge in [-0.1, -0.05) is 82.4 Å². The van der Waals surface area contributed by atoms with Crippen molar-refractivity contribution in [2.75, 3.05) is 6.54 Å². The van der Waals surface area contributed by atoms with Gasteiger partial charge in [-0.15, -0.1) is 0 Å². The number of amides is 1. The van der Waals surface area contributed by atoms with Crippen LogP contribution in [0.2, 0.25) is 0 Å². The predicted octanol–water partition coefficient (Wildman–Crippen LogP) is 7.44. The number of ether oxygens (including phenoxy) is 1. The van der Waals surface area contributed by atoms with Crippen LogP contribution in [0.5, 0.6) is 0 Å². The zero-order valence-electron chi connectivity index (χ0n) is 22.8. The second-order valence-corrected chi connectivity index (χ2v) is 9.27. The van der Waals surface area contributed by atoms with Crippen molar-refractivity contribution in [3.8, 4) is 0 Å². The van der Waals surface area contributed by atoms with Gasteiger partial charge < -0.3 is 15.2 Å². The lowest BCUT2D eigenvalue weighted by Crippen LogP contribution is -2.28. The molecule has 6 nitrogen and oxygen atoms in total. The number of aliphatic carboxylic acids is 1. The minimum absolute atomic E-state index is 0.0437. The Morgan fingerprint density at radius 2 is 1.36 bits per heavy atom. The van der Waals surface area contributed by atoms with Crippen molar-refractivity contribution in [2.45, 2.75) is 129 Å². The molecule has 206 valence electrons. The third-order valence-electron chi connectivity index (χ3n) is 5.81. The van der Waals surface area contributed by atoms with Crippen LogP contribution in [0.3, 0.4) is 0 Å². The number of carbonyl (C=O) groups excluding carboxylic acids is 2. The van der Waals surface area contributed by atoms with Crippen molar-refractivity contribution in [3.05, 3.63) is 36.5 Å². The topological polar surface area (TPSA) is 92.7 Å². The molecule has 0 bridgehead atoms. The average molecular weight is 506 g/mol. The van der Waals surface area contributed by atoms with Gasteiger partial charge in [0.1, 0.15) is 12.6 Å². The first kappa shape index (κ1) is 33.6. The molecule has 0 rings (SSSR count). The molecule has 0 aliphatic heterocycles. The number of hydrogen-bond acceptors (Lipinski definition) is 4. The highest BCUT2D eigenvalue weighted by Gasteiger charge is 2.13. The van der Waals surface area contributed by atoms with Crippen molar-refractivity contribution in [3.63, 3.8) is 0 Å². The van der Waals surface area contributed by atoms with E-state index in [4.69, 9.17) is 9.84 Å². The Morgan fingerprint density at radius 1 is 0.750 bits per heavy atom. The molecule has 0 saturated carbocycles. The molecule has 2 N–H and O–H groups in total. The summed E-state index contributed by atoms with van der Waals surface area (Å²) in [6.45, 7) is 3.90. The van der Waals surface area contributed by atoms with Gasteiger partial charge in [-0.05, 0) is 64.2 Å². The molecule has 0 fully saturated rings. The van der Waals surface area contributed by atoms with E-state index in [0.717, 1.165) is 77.0 Å². The van der Waals surface area contributed by atoms with Crippen molar-refractivity contribution in [1.82, 2.24) is 5.32 Å². The van der Waals surface area contributed by atoms with E-state index in [9.17, 15) is 14.4 Å². The van der Waals surface area contributed by atoms with Crippen molar-refractivity contribution >= 4 is 17.8 Å². The normalized spacial score (nSPS) is 12.5. The number of carboxylic acids is 1. The molecular formula is C30H51NO5. The minimum atomic E-state index is -1.04. The third-order valence-corrected chi connectivity index (χ3v) is 5.81. The minimum Gasteiger partial charge on any atom is -0.480 e. The van der Waals surface area contributed by atoms with Crippen LogP contribution in [-0.2, 0) is 19.1 Å². The average Bonchev–Trinajstić information content (AvgIpc) is 2.85. The number of esters is 1. The smallest absolute Gasteiger partial charge is 0.322 e. The lowest BCUT2D eigenvalue weighted by molar-refractivity contribution is -0.150. The predicted molar refractivity (Wildman–Crippen MR) is 148 cm³/mol. The van der Waals surface area contributed by atoms with Crippen LogP contribution in [0.15, 0.2) is 36.5 Å². The van der Waals surface area contributed by atoms with Crippen LogP contribution < -0.4 is 5.32 Å². The molecule has 1 unspecified atom stereocenters. The highest BCUT2D eigenvalue weighted by Crippen LogP contribution is 2.15. The Labute approximate surface area is 219 Å². The van der Waals surface area contributed by atoms with E-state index in [-0.39, 0.29) is 24.5 Å². The van der Waals surface area contributed by atoms with Crippen LogP contribution in [0.1, 0.15) is 123 Å². The van der Waals surface area contributed by atoms with Gasteiger partial charge in [0.05, 0.1) is 0 Å². The largest absolute Gasteiger partial charge is 0.480 e. The van der Waals surface area contributed by atoms with E-state index in [1.807, 2.05) is 0 Å². The van der Waals surface area contributed by atoms with E-state index in [1.165, 1.54) is 12.8 Å². The van der Waals surface area contributed by atoms with Gasteiger partial charge in [0.15, 0.2) is 0 Å². The fourth-order valence-electron chi connectivity index (χ4n) is 3.81. The van der Waals surface area contributed by atoms with Crippen molar-refractivity contribution in [2.24, 2.45) is 0 Å². The van der Waals surface area contributed by atoms with E-state index in [2.05, 4.69) is 55.6 Å². The fraction of sp³-hybridized carbons (Fsp3) is 0.700. The van der Waals surface area contributed by atoms with Crippen LogP contribution in [0.25, 0.3) is 0 Å². The Morgan fingerprint density at radius 3 is 2.06 bits per heavy atom. The molecule has 0 aromatic heterocycles. The molecule has 0 aliphatic carbocycles. The van der Waals surface area contributed by atoms with Gasteiger partial charge in [-0.2, -0.15) is 0 Å². The van der Waals surface area contributed by atoms with E-state index < -0.39 is 5.97 Å². The number of carboxylic acid groups (broad SMARTS) is 1. The molecule has 0 saturated heterocycles. The van der Waals surface area contributed by atoms with Gasteiger partial charge in [-0.25, -0.2) is 0 Å². The second-order valence-electron chi connectivity index (χ2n) is 9.27. The third kappa shape index (κ3) is 24.7. The maximum atomic E-state index is 12.2. The first-order chi connectivity index (χ1) is 17.5. The monoisotopic (exact) mass is 505 g/mol. The number of carbonyl (C=O) groups is 3. The molecule has 1 atom stereocenters. The summed E-state index contributed by atoms with van der Waals surface area (Å²) < 4.78 is 5.70. The quantitative estimate of drug-likeness (QED) is 0.0808. The van der Waals surface area contributed by atoms with Crippen LogP contribution >= 0.6 is 0 Å². The van der Waals surface area contributed by atoms with Gasteiger partial charge in [0.25, 0.3) is 0 Å². The molecule has 0 heterocycles. The SMILES string of the molecule is CC/C=C\C/C=C\C/C=C\CCCCCCCC(=O)OC(CCC)CCCCCC(=O)NCC(=O)O. The number of hydrogen-bond donors (Lipinski definition) is 2. The summed E-state index contributed by atoms with van der Waals surface area (Å²) in [5.74, 6) is -1.36. The molecule has 0 aromatic carbocycles. The summed E-state index contributed by atoms with van der Waals surface area (Å²) in [5.41, 5.74) is 0. The Bertz CT molecular complexity index is 654. The molecule has 36 heavy (non-hydrogen) atoms. The van der Waals surface area contributed by atoms with Crippen molar-refractivity contribution in [1.29, 1.82) is 0 Å². The van der Waals surface area contributed by atoms with E-state index >= 15 is 0 Å². The molecule has 0 radical (unpaired) electrons. The first-order valence-electron chi connectivity index (χ1n) is 14.1. The molecule has 6 heteroatoms. The zero-order valence-corrected chi connectivity index (χ0v) is 22.8. The van der Waals surface area contributed by atoms with Gasteiger partial charge in [-0.3, -0.25) is 14.4 Å². The van der Waals surface area contributed by atoms with Crippen molar-refractivity contribution < 1.29 is 24.2 Å². The molecule has 1 amide bonds. The number of rotatable bonds is 24. The van der Waals surface area contributed by atoms with Gasteiger partial charge in [0.2, 0.25) is 5.91 Å². The fourth-order valence-corrected chi connectivity index (χ4v) is 3.81. The Kier molecular flexibility index (Phi) is 24.0. The second kappa shape index (κ2) is 25.7. The number of allylic oxidation sites excluding steroid dienone is 6. The van der Waals surface area contributed by atoms with Gasteiger partial charge >= 0.3 is 11.9 Å². The first-order valence-corrected chi connectivity index (χ1v) is 14.1. The zero-order chi connectivity index (χ0) is 26.7. The molecule has 0 spiro atoms. The Hall–Kier alpha value is -2.37. The molecule has 0 aliphatic rings. The summed E-state index contributed by atoms with van der Waals surface area (Å²) in [6, 6.07) is 0. The summed E-state index contributed by atoms with van der Waals surface area (Å²) in [4.78, 5) is 34.2. The van der Waals surface area contributed by atoms with Crippen LogP contribution in [0, 0.1) is 0 Å². The lowest BCUT2D eigenvalue weighted by atomic mass is 10.1. The molecular weight excluding hydrogens is 454 g/mol.